The second-order valence-corrected chi connectivity index (χ2v) is 4.84. The predicted molar refractivity (Wildman–Crippen MR) is 72.9 cm³/mol. The molecule has 1 amide bonds. The lowest BCUT2D eigenvalue weighted by Crippen LogP contribution is -2.32. The Morgan fingerprint density at radius 1 is 1.47 bits per heavy atom. The lowest BCUT2D eigenvalue weighted by Gasteiger charge is -2.22. The summed E-state index contributed by atoms with van der Waals surface area (Å²) in [6.07, 6.45) is 4.40. The van der Waals surface area contributed by atoms with Crippen molar-refractivity contribution in [2.24, 2.45) is 11.7 Å². The number of hydrogen-bond acceptors (Lipinski definition) is 4. The third-order valence-corrected chi connectivity index (χ3v) is 3.37. The SMILES string of the molecule is NCCc1cc(C(=O)NCC2CCOCC2)ccn1. The van der Waals surface area contributed by atoms with Gasteiger partial charge in [-0.05, 0) is 37.4 Å². The molecule has 0 atom stereocenters. The predicted octanol–water partition coefficient (Wildman–Crippen LogP) is 0.739. The summed E-state index contributed by atoms with van der Waals surface area (Å²) in [7, 11) is 0. The number of nitrogens with two attached hydrogens (primary N) is 1. The van der Waals surface area contributed by atoms with Gasteiger partial charge in [0.1, 0.15) is 0 Å². The van der Waals surface area contributed by atoms with Crippen LogP contribution in [0.2, 0.25) is 0 Å². The van der Waals surface area contributed by atoms with Gasteiger partial charge < -0.3 is 15.8 Å². The van der Waals surface area contributed by atoms with Crippen molar-refractivity contribution in [3.63, 3.8) is 0 Å². The molecule has 3 N–H and O–H groups in total. The van der Waals surface area contributed by atoms with Crippen LogP contribution in [-0.2, 0) is 11.2 Å². The van der Waals surface area contributed by atoms with E-state index in [9.17, 15) is 4.79 Å². The second kappa shape index (κ2) is 7.21. The normalized spacial score (nSPS) is 16.3. The summed E-state index contributed by atoms with van der Waals surface area (Å²) in [5, 5.41) is 2.98. The first-order valence-corrected chi connectivity index (χ1v) is 6.80. The Balaban J connectivity index is 1.86. The molecule has 19 heavy (non-hydrogen) atoms. The van der Waals surface area contributed by atoms with Crippen LogP contribution in [0.25, 0.3) is 0 Å². The quantitative estimate of drug-likeness (QED) is 0.821. The highest BCUT2D eigenvalue weighted by atomic mass is 16.5. The number of ether oxygens (including phenoxy) is 1. The summed E-state index contributed by atoms with van der Waals surface area (Å²) in [5.41, 5.74) is 7.01. The molecule has 0 unspecified atom stereocenters. The maximum atomic E-state index is 12.0. The zero-order valence-corrected chi connectivity index (χ0v) is 11.1. The molecule has 0 aliphatic carbocycles. The maximum absolute atomic E-state index is 12.0. The Morgan fingerprint density at radius 3 is 3.00 bits per heavy atom. The molecule has 104 valence electrons. The van der Waals surface area contributed by atoms with Crippen molar-refractivity contribution in [3.8, 4) is 0 Å². The third kappa shape index (κ3) is 4.29. The summed E-state index contributed by atoms with van der Waals surface area (Å²) in [6, 6.07) is 3.55. The summed E-state index contributed by atoms with van der Waals surface area (Å²) in [6.45, 7) is 2.86. The Kier molecular flexibility index (Phi) is 5.30. The first-order valence-electron chi connectivity index (χ1n) is 6.80. The van der Waals surface area contributed by atoms with E-state index < -0.39 is 0 Å². The van der Waals surface area contributed by atoms with Gasteiger partial charge >= 0.3 is 0 Å². The van der Waals surface area contributed by atoms with Crippen LogP contribution in [0.15, 0.2) is 18.3 Å². The number of rotatable bonds is 5. The minimum absolute atomic E-state index is 0.0350. The summed E-state index contributed by atoms with van der Waals surface area (Å²) in [5.74, 6) is 0.496. The molecule has 2 heterocycles. The molecule has 1 aromatic heterocycles. The maximum Gasteiger partial charge on any atom is 0.251 e. The van der Waals surface area contributed by atoms with Gasteiger partial charge in [-0.3, -0.25) is 9.78 Å². The fraction of sp³-hybridized carbons (Fsp3) is 0.571. The lowest BCUT2D eigenvalue weighted by atomic mass is 10.0. The van der Waals surface area contributed by atoms with Crippen LogP contribution in [0, 0.1) is 5.92 Å². The molecule has 1 fully saturated rings. The standard InChI is InChI=1S/C14H21N3O2/c15-5-1-13-9-12(2-6-16-13)14(18)17-10-11-3-7-19-8-4-11/h2,6,9,11H,1,3-5,7-8,10,15H2,(H,17,18). The third-order valence-electron chi connectivity index (χ3n) is 3.37. The number of carbonyl (C=O) groups excluding carboxylic acids is 1. The average Bonchev–Trinajstić information content (AvgIpc) is 2.46. The van der Waals surface area contributed by atoms with Crippen LogP contribution in [0.4, 0.5) is 0 Å². The van der Waals surface area contributed by atoms with Crippen LogP contribution in [-0.4, -0.2) is 37.2 Å². The van der Waals surface area contributed by atoms with Crippen molar-refractivity contribution in [2.45, 2.75) is 19.3 Å². The monoisotopic (exact) mass is 263 g/mol. The van der Waals surface area contributed by atoms with Gasteiger partial charge in [0.05, 0.1) is 0 Å². The van der Waals surface area contributed by atoms with Gasteiger partial charge in [-0.15, -0.1) is 0 Å². The van der Waals surface area contributed by atoms with Crippen molar-refractivity contribution >= 4 is 5.91 Å². The van der Waals surface area contributed by atoms with E-state index in [0.29, 0.717) is 24.4 Å². The summed E-state index contributed by atoms with van der Waals surface area (Å²) >= 11 is 0. The van der Waals surface area contributed by atoms with E-state index in [1.807, 2.05) is 6.07 Å². The van der Waals surface area contributed by atoms with E-state index in [1.54, 1.807) is 12.3 Å². The fourth-order valence-corrected chi connectivity index (χ4v) is 2.19. The number of nitrogens with zero attached hydrogens (tertiary/aromatic N) is 1. The minimum atomic E-state index is -0.0350. The molecule has 0 radical (unpaired) electrons. The van der Waals surface area contributed by atoms with Gasteiger partial charge in [-0.25, -0.2) is 0 Å². The molecule has 0 aromatic carbocycles. The number of hydrogen-bond donors (Lipinski definition) is 2. The minimum Gasteiger partial charge on any atom is -0.381 e. The number of aromatic nitrogens is 1. The number of nitrogens with one attached hydrogen (secondary N) is 1. The first-order chi connectivity index (χ1) is 9.29. The van der Waals surface area contributed by atoms with E-state index in [1.165, 1.54) is 0 Å². The molecular formula is C14H21N3O2. The first kappa shape index (κ1) is 14.0. The van der Waals surface area contributed by atoms with Crippen LogP contribution in [0.5, 0.6) is 0 Å². The molecule has 2 rings (SSSR count). The van der Waals surface area contributed by atoms with Crippen LogP contribution >= 0.6 is 0 Å². The van der Waals surface area contributed by atoms with Gasteiger partial charge in [0.15, 0.2) is 0 Å². The fourth-order valence-electron chi connectivity index (χ4n) is 2.19. The molecule has 0 saturated carbocycles. The Hall–Kier alpha value is -1.46. The zero-order chi connectivity index (χ0) is 13.5. The average molecular weight is 263 g/mol. The molecule has 1 aromatic rings. The van der Waals surface area contributed by atoms with Crippen LogP contribution < -0.4 is 11.1 Å². The topological polar surface area (TPSA) is 77.2 Å². The lowest BCUT2D eigenvalue weighted by molar-refractivity contribution is 0.0642. The van der Waals surface area contributed by atoms with Crippen LogP contribution in [0.3, 0.4) is 0 Å². The van der Waals surface area contributed by atoms with Crippen molar-refractivity contribution in [2.75, 3.05) is 26.3 Å². The molecular weight excluding hydrogens is 242 g/mol. The number of carbonyl (C=O) groups is 1. The Morgan fingerprint density at radius 2 is 2.26 bits per heavy atom. The van der Waals surface area contributed by atoms with Gasteiger partial charge in [0.2, 0.25) is 0 Å². The van der Waals surface area contributed by atoms with Crippen molar-refractivity contribution in [3.05, 3.63) is 29.6 Å². The Bertz CT molecular complexity index is 417. The molecule has 0 spiro atoms. The van der Waals surface area contributed by atoms with Gasteiger partial charge in [0.25, 0.3) is 5.91 Å². The molecule has 1 aliphatic rings. The van der Waals surface area contributed by atoms with Crippen molar-refractivity contribution in [1.29, 1.82) is 0 Å². The molecule has 0 bridgehead atoms. The molecule has 5 nitrogen and oxygen atoms in total. The molecule has 5 heteroatoms. The van der Waals surface area contributed by atoms with Gasteiger partial charge in [-0.1, -0.05) is 0 Å². The number of pyridine rings is 1. The van der Waals surface area contributed by atoms with Crippen molar-refractivity contribution < 1.29 is 9.53 Å². The van der Waals surface area contributed by atoms with Gasteiger partial charge in [0, 0.05) is 43.6 Å². The van der Waals surface area contributed by atoms with E-state index in [0.717, 1.165) is 38.3 Å². The van der Waals surface area contributed by atoms with Crippen molar-refractivity contribution in [1.82, 2.24) is 10.3 Å². The van der Waals surface area contributed by atoms with E-state index >= 15 is 0 Å². The van der Waals surface area contributed by atoms with E-state index in [4.69, 9.17) is 10.5 Å². The second-order valence-electron chi connectivity index (χ2n) is 4.84. The highest BCUT2D eigenvalue weighted by Crippen LogP contribution is 2.13. The van der Waals surface area contributed by atoms with E-state index in [-0.39, 0.29) is 5.91 Å². The smallest absolute Gasteiger partial charge is 0.251 e. The van der Waals surface area contributed by atoms with Crippen LogP contribution in [0.1, 0.15) is 28.9 Å². The summed E-state index contributed by atoms with van der Waals surface area (Å²) in [4.78, 5) is 16.2. The highest BCUT2D eigenvalue weighted by Gasteiger charge is 2.15. The number of amides is 1. The van der Waals surface area contributed by atoms with Gasteiger partial charge in [-0.2, -0.15) is 0 Å². The molecule has 1 saturated heterocycles. The zero-order valence-electron chi connectivity index (χ0n) is 11.1. The Labute approximate surface area is 113 Å². The molecule has 1 aliphatic heterocycles. The highest BCUT2D eigenvalue weighted by molar-refractivity contribution is 5.94. The summed E-state index contributed by atoms with van der Waals surface area (Å²) < 4.78 is 5.30. The van der Waals surface area contributed by atoms with E-state index in [2.05, 4.69) is 10.3 Å². The largest absolute Gasteiger partial charge is 0.381 e.